The van der Waals surface area contributed by atoms with E-state index >= 15 is 0 Å². The van der Waals surface area contributed by atoms with Gasteiger partial charge < -0.3 is 4.74 Å². The molecule has 2 aromatic rings. The highest BCUT2D eigenvalue weighted by molar-refractivity contribution is 7.89. The number of sulfonamides is 2. The van der Waals surface area contributed by atoms with Crippen LogP contribution in [0.25, 0.3) is 0 Å². The minimum atomic E-state index is -3.55. The molecule has 0 bridgehead atoms. The molecule has 0 aliphatic carbocycles. The summed E-state index contributed by atoms with van der Waals surface area (Å²) in [6.07, 6.45) is 2.07. The first-order valence-corrected chi connectivity index (χ1v) is 15.2. The van der Waals surface area contributed by atoms with Crippen molar-refractivity contribution in [2.45, 2.75) is 50.3 Å². The molecule has 4 atom stereocenters. The van der Waals surface area contributed by atoms with Gasteiger partial charge in [0.05, 0.1) is 9.79 Å². The molecule has 2 saturated heterocycles. The van der Waals surface area contributed by atoms with Crippen LogP contribution in [0.4, 0.5) is 0 Å². The Kier molecular flexibility index (Phi) is 7.62. The van der Waals surface area contributed by atoms with Crippen LogP contribution in [-0.4, -0.2) is 51.6 Å². The average molecular weight is 521 g/mol. The molecule has 9 heteroatoms. The van der Waals surface area contributed by atoms with Crippen molar-refractivity contribution in [1.82, 2.24) is 8.61 Å². The maximum Gasteiger partial charge on any atom is 0.243 e. The summed E-state index contributed by atoms with van der Waals surface area (Å²) in [5.74, 6) is 2.32. The second-order valence-electron chi connectivity index (χ2n) is 10.6. The van der Waals surface area contributed by atoms with Gasteiger partial charge in [0.15, 0.2) is 0 Å². The van der Waals surface area contributed by atoms with Gasteiger partial charge in [0.1, 0.15) is 11.5 Å². The van der Waals surface area contributed by atoms with Gasteiger partial charge in [-0.05, 0) is 85.0 Å². The maximum atomic E-state index is 13.1. The molecule has 192 valence electrons. The fourth-order valence-corrected chi connectivity index (χ4v) is 8.76. The van der Waals surface area contributed by atoms with Crippen molar-refractivity contribution < 1.29 is 21.6 Å². The lowest BCUT2D eigenvalue weighted by Gasteiger charge is -2.34. The molecular weight excluding hydrogens is 484 g/mol. The molecule has 0 N–H and O–H groups in total. The Morgan fingerprint density at radius 1 is 0.571 bits per heavy atom. The van der Waals surface area contributed by atoms with Crippen molar-refractivity contribution in [3.8, 4) is 11.5 Å². The van der Waals surface area contributed by atoms with Gasteiger partial charge in [-0.3, -0.25) is 0 Å². The molecule has 2 aliphatic rings. The number of hydrogen-bond acceptors (Lipinski definition) is 5. The lowest BCUT2D eigenvalue weighted by Crippen LogP contribution is -2.42. The van der Waals surface area contributed by atoms with E-state index in [2.05, 4.69) is 27.7 Å². The SMILES string of the molecule is CC1CC(C)CN(S(=O)(=O)c2ccc(Oc3ccc(S(=O)(=O)N4CC(C)CC(C)C4)cc3)cc2)C1. The second kappa shape index (κ2) is 10.2. The first kappa shape index (κ1) is 26.1. The lowest BCUT2D eigenvalue weighted by atomic mass is 9.94. The standard InChI is InChI=1S/C26H36N2O5S2/c1-19-13-20(2)16-27(15-19)34(29,30)25-9-5-23(6-10-25)33-24-7-11-26(12-8-24)35(31,32)28-17-21(3)14-22(4)18-28/h5-12,19-22H,13-18H2,1-4H3. The summed E-state index contributed by atoms with van der Waals surface area (Å²) >= 11 is 0. The van der Waals surface area contributed by atoms with E-state index in [0.29, 0.717) is 61.3 Å². The van der Waals surface area contributed by atoms with Crippen molar-refractivity contribution in [2.24, 2.45) is 23.7 Å². The van der Waals surface area contributed by atoms with Crippen molar-refractivity contribution in [3.63, 3.8) is 0 Å². The highest BCUT2D eigenvalue weighted by Crippen LogP contribution is 2.30. The van der Waals surface area contributed by atoms with E-state index in [1.54, 1.807) is 57.1 Å². The van der Waals surface area contributed by atoms with Crippen LogP contribution in [0.2, 0.25) is 0 Å². The summed E-state index contributed by atoms with van der Waals surface area (Å²) in [7, 11) is -7.10. The summed E-state index contributed by atoms with van der Waals surface area (Å²) in [6.45, 7) is 10.5. The molecule has 2 aromatic carbocycles. The van der Waals surface area contributed by atoms with Gasteiger partial charge in [-0.15, -0.1) is 0 Å². The monoisotopic (exact) mass is 520 g/mol. The first-order chi connectivity index (χ1) is 16.4. The third-order valence-corrected chi connectivity index (χ3v) is 10.5. The highest BCUT2D eigenvalue weighted by atomic mass is 32.2. The summed E-state index contributed by atoms with van der Waals surface area (Å²) in [6, 6.07) is 12.8. The Morgan fingerprint density at radius 2 is 0.857 bits per heavy atom. The molecular formula is C26H36N2O5S2. The number of nitrogens with zero attached hydrogens (tertiary/aromatic N) is 2. The molecule has 0 radical (unpaired) electrons. The zero-order chi connectivity index (χ0) is 25.4. The first-order valence-electron chi connectivity index (χ1n) is 12.3. The molecule has 0 spiro atoms. The van der Waals surface area contributed by atoms with Gasteiger partial charge in [0, 0.05) is 26.2 Å². The minimum absolute atomic E-state index is 0.248. The number of hydrogen-bond donors (Lipinski definition) is 0. The van der Waals surface area contributed by atoms with Gasteiger partial charge in [0.25, 0.3) is 0 Å². The number of piperidine rings is 2. The van der Waals surface area contributed by atoms with Crippen LogP contribution in [0.3, 0.4) is 0 Å². The van der Waals surface area contributed by atoms with Crippen LogP contribution in [0.15, 0.2) is 58.3 Å². The van der Waals surface area contributed by atoms with Crippen LogP contribution in [-0.2, 0) is 20.0 Å². The molecule has 2 heterocycles. The zero-order valence-electron chi connectivity index (χ0n) is 20.9. The maximum absolute atomic E-state index is 13.1. The van der Waals surface area contributed by atoms with Crippen LogP contribution in [0, 0.1) is 23.7 Å². The van der Waals surface area contributed by atoms with Crippen LogP contribution < -0.4 is 4.74 Å². The van der Waals surface area contributed by atoms with Gasteiger partial charge in [-0.1, -0.05) is 27.7 Å². The fraction of sp³-hybridized carbons (Fsp3) is 0.538. The second-order valence-corrected chi connectivity index (χ2v) is 14.5. The molecule has 4 unspecified atom stereocenters. The minimum Gasteiger partial charge on any atom is -0.457 e. The largest absolute Gasteiger partial charge is 0.457 e. The highest BCUT2D eigenvalue weighted by Gasteiger charge is 2.32. The fourth-order valence-electron chi connectivity index (χ4n) is 5.40. The van der Waals surface area contributed by atoms with Crippen molar-refractivity contribution in [3.05, 3.63) is 48.5 Å². The molecule has 0 aromatic heterocycles. The summed E-state index contributed by atoms with van der Waals surface area (Å²) in [5.41, 5.74) is 0. The molecule has 2 fully saturated rings. The summed E-state index contributed by atoms with van der Waals surface area (Å²) in [5, 5.41) is 0. The lowest BCUT2D eigenvalue weighted by molar-refractivity contribution is 0.222. The Bertz CT molecular complexity index is 1110. The van der Waals surface area contributed by atoms with E-state index in [0.717, 1.165) is 12.8 Å². The topological polar surface area (TPSA) is 84.0 Å². The molecule has 7 nitrogen and oxygen atoms in total. The van der Waals surface area contributed by atoms with E-state index in [4.69, 9.17) is 4.74 Å². The predicted molar refractivity (Wildman–Crippen MR) is 136 cm³/mol. The van der Waals surface area contributed by atoms with E-state index in [9.17, 15) is 16.8 Å². The summed E-state index contributed by atoms with van der Waals surface area (Å²) in [4.78, 5) is 0.496. The third kappa shape index (κ3) is 5.90. The Hall–Kier alpha value is -1.94. The van der Waals surface area contributed by atoms with E-state index in [1.165, 1.54) is 0 Å². The molecule has 35 heavy (non-hydrogen) atoms. The Balaban J connectivity index is 1.44. The smallest absolute Gasteiger partial charge is 0.243 e. The molecule has 4 rings (SSSR count). The summed E-state index contributed by atoms with van der Waals surface area (Å²) < 4.78 is 61.3. The predicted octanol–water partition coefficient (Wildman–Crippen LogP) is 4.81. The Labute approximate surface area is 210 Å². The Morgan fingerprint density at radius 3 is 1.14 bits per heavy atom. The van der Waals surface area contributed by atoms with Gasteiger partial charge in [-0.25, -0.2) is 16.8 Å². The van der Waals surface area contributed by atoms with Crippen molar-refractivity contribution >= 4 is 20.0 Å². The van der Waals surface area contributed by atoms with E-state index in [1.807, 2.05) is 0 Å². The molecule has 2 aliphatic heterocycles. The van der Waals surface area contributed by atoms with E-state index < -0.39 is 20.0 Å². The number of benzene rings is 2. The number of ether oxygens (including phenoxy) is 1. The van der Waals surface area contributed by atoms with Gasteiger partial charge in [0.2, 0.25) is 20.0 Å². The van der Waals surface area contributed by atoms with Crippen LogP contribution in [0.1, 0.15) is 40.5 Å². The van der Waals surface area contributed by atoms with Crippen LogP contribution >= 0.6 is 0 Å². The van der Waals surface area contributed by atoms with Crippen molar-refractivity contribution in [2.75, 3.05) is 26.2 Å². The molecule has 0 amide bonds. The normalized spacial score (nSPS) is 27.0. The number of rotatable bonds is 6. The molecule has 0 saturated carbocycles. The van der Waals surface area contributed by atoms with Gasteiger partial charge >= 0.3 is 0 Å². The zero-order valence-corrected chi connectivity index (χ0v) is 22.6. The van der Waals surface area contributed by atoms with Crippen LogP contribution in [0.5, 0.6) is 11.5 Å². The third-order valence-electron chi connectivity index (χ3n) is 6.83. The van der Waals surface area contributed by atoms with Gasteiger partial charge in [-0.2, -0.15) is 8.61 Å². The average Bonchev–Trinajstić information content (AvgIpc) is 2.78. The van der Waals surface area contributed by atoms with Crippen molar-refractivity contribution in [1.29, 1.82) is 0 Å². The quantitative estimate of drug-likeness (QED) is 0.546. The van der Waals surface area contributed by atoms with E-state index in [-0.39, 0.29) is 9.79 Å².